The second kappa shape index (κ2) is 9.71. The lowest BCUT2D eigenvalue weighted by Gasteiger charge is -2.31. The Bertz CT molecular complexity index is 430. The van der Waals surface area contributed by atoms with E-state index in [0.29, 0.717) is 17.7 Å². The van der Waals surface area contributed by atoms with E-state index in [2.05, 4.69) is 15.2 Å². The Morgan fingerprint density at radius 2 is 2.09 bits per heavy atom. The van der Waals surface area contributed by atoms with E-state index in [1.807, 2.05) is 11.6 Å². The number of thiazole rings is 1. The number of carbonyl (C=O) groups is 1. The van der Waals surface area contributed by atoms with Gasteiger partial charge in [0.05, 0.1) is 5.01 Å². The van der Waals surface area contributed by atoms with E-state index in [9.17, 15) is 4.79 Å². The zero-order valence-corrected chi connectivity index (χ0v) is 15.2. The quantitative estimate of drug-likeness (QED) is 0.891. The van der Waals surface area contributed by atoms with E-state index in [0.717, 1.165) is 51.9 Å². The Balaban J connectivity index is 0.00000121. The zero-order valence-electron chi connectivity index (χ0n) is 12.7. The lowest BCUT2D eigenvalue weighted by molar-refractivity contribution is -0.132. The van der Waals surface area contributed by atoms with Gasteiger partial charge >= 0.3 is 0 Å². The molecule has 2 aliphatic heterocycles. The monoisotopic (exact) mass is 365 g/mol. The van der Waals surface area contributed by atoms with Crippen LogP contribution in [0.2, 0.25) is 0 Å². The largest absolute Gasteiger partial charge is 0.343 e. The summed E-state index contributed by atoms with van der Waals surface area (Å²) in [5.41, 5.74) is 0. The molecule has 0 saturated carbocycles. The molecule has 1 aromatic rings. The van der Waals surface area contributed by atoms with Gasteiger partial charge in [0.1, 0.15) is 0 Å². The molecule has 0 bridgehead atoms. The number of aromatic nitrogens is 1. The second-order valence-corrected chi connectivity index (χ2v) is 6.85. The fourth-order valence-electron chi connectivity index (χ4n) is 3.26. The van der Waals surface area contributed by atoms with Crippen LogP contribution in [0.15, 0.2) is 11.6 Å². The van der Waals surface area contributed by atoms with Crippen molar-refractivity contribution in [2.75, 3.05) is 26.2 Å². The van der Waals surface area contributed by atoms with Gasteiger partial charge in [0.25, 0.3) is 0 Å². The average molecular weight is 366 g/mol. The summed E-state index contributed by atoms with van der Waals surface area (Å²) in [5, 5.41) is 6.66. The molecule has 1 aromatic heterocycles. The Hall–Kier alpha value is -0.360. The number of piperidine rings is 1. The summed E-state index contributed by atoms with van der Waals surface area (Å²) in [6.07, 6.45) is 7.05. The van der Waals surface area contributed by atoms with Gasteiger partial charge in [0.15, 0.2) is 0 Å². The van der Waals surface area contributed by atoms with E-state index in [-0.39, 0.29) is 24.8 Å². The number of hydrogen-bond donors (Lipinski definition) is 1. The number of halogens is 2. The molecule has 1 N–H and O–H groups in total. The van der Waals surface area contributed by atoms with Crippen molar-refractivity contribution in [2.45, 2.75) is 38.0 Å². The van der Waals surface area contributed by atoms with Crippen LogP contribution in [0.5, 0.6) is 0 Å². The number of hydrogen-bond acceptors (Lipinski definition) is 4. The first-order valence-electron chi connectivity index (χ1n) is 7.71. The van der Waals surface area contributed by atoms with Crippen LogP contribution in [0.25, 0.3) is 0 Å². The molecule has 1 unspecified atom stereocenters. The standard InChI is InChI=1S/C15H23N3OS.2ClH/c19-14(2-1-12-3-6-16-11-12)18-8-4-13(5-9-18)15-17-7-10-20-15;;/h7,10,12-13,16H,1-6,8-9,11H2;2*1H. The molecule has 0 aromatic carbocycles. The molecule has 3 rings (SSSR count). The summed E-state index contributed by atoms with van der Waals surface area (Å²) in [4.78, 5) is 18.7. The van der Waals surface area contributed by atoms with Crippen LogP contribution in [0.4, 0.5) is 0 Å². The third-order valence-corrected chi connectivity index (χ3v) is 5.52. The van der Waals surface area contributed by atoms with Gasteiger partial charge in [-0.05, 0) is 44.7 Å². The highest BCUT2D eigenvalue weighted by Crippen LogP contribution is 2.29. The highest BCUT2D eigenvalue weighted by Gasteiger charge is 2.25. The molecule has 1 atom stereocenters. The van der Waals surface area contributed by atoms with E-state index < -0.39 is 0 Å². The van der Waals surface area contributed by atoms with Gasteiger partial charge in [-0.15, -0.1) is 36.2 Å². The van der Waals surface area contributed by atoms with Crippen LogP contribution in [0, 0.1) is 5.92 Å². The highest BCUT2D eigenvalue weighted by atomic mass is 35.5. The van der Waals surface area contributed by atoms with E-state index in [1.165, 1.54) is 11.4 Å². The molecular weight excluding hydrogens is 341 g/mol. The van der Waals surface area contributed by atoms with Crippen molar-refractivity contribution in [3.63, 3.8) is 0 Å². The fraction of sp³-hybridized carbons (Fsp3) is 0.733. The minimum absolute atomic E-state index is 0. The third kappa shape index (κ3) is 5.08. The molecule has 0 radical (unpaired) electrons. The SMILES string of the molecule is Cl.Cl.O=C(CCC1CCNC1)N1CCC(c2nccs2)CC1. The molecule has 7 heteroatoms. The van der Waals surface area contributed by atoms with Gasteiger partial charge in [-0.3, -0.25) is 4.79 Å². The van der Waals surface area contributed by atoms with Gasteiger partial charge in [0, 0.05) is 37.0 Å². The van der Waals surface area contributed by atoms with Crippen molar-refractivity contribution in [1.82, 2.24) is 15.2 Å². The Labute approximate surface area is 148 Å². The van der Waals surface area contributed by atoms with E-state index >= 15 is 0 Å². The summed E-state index contributed by atoms with van der Waals surface area (Å²) < 4.78 is 0. The molecule has 3 heterocycles. The van der Waals surface area contributed by atoms with E-state index in [1.54, 1.807) is 11.3 Å². The van der Waals surface area contributed by atoms with Crippen LogP contribution in [0.1, 0.15) is 43.0 Å². The summed E-state index contributed by atoms with van der Waals surface area (Å²) >= 11 is 1.74. The smallest absolute Gasteiger partial charge is 0.222 e. The molecule has 126 valence electrons. The molecule has 2 saturated heterocycles. The summed E-state index contributed by atoms with van der Waals surface area (Å²) in [5.74, 6) is 1.64. The third-order valence-electron chi connectivity index (χ3n) is 4.58. The van der Waals surface area contributed by atoms with Crippen LogP contribution >= 0.6 is 36.2 Å². The molecule has 0 aliphatic carbocycles. The molecule has 2 fully saturated rings. The van der Waals surface area contributed by atoms with Gasteiger partial charge < -0.3 is 10.2 Å². The van der Waals surface area contributed by atoms with Crippen molar-refractivity contribution in [1.29, 1.82) is 0 Å². The zero-order chi connectivity index (χ0) is 13.8. The molecule has 4 nitrogen and oxygen atoms in total. The number of amides is 1. The van der Waals surface area contributed by atoms with Gasteiger partial charge in [-0.25, -0.2) is 4.98 Å². The Morgan fingerprint density at radius 1 is 1.32 bits per heavy atom. The molecule has 22 heavy (non-hydrogen) atoms. The number of nitrogens with one attached hydrogen (secondary N) is 1. The number of likely N-dealkylation sites (tertiary alicyclic amines) is 1. The van der Waals surface area contributed by atoms with Crippen LogP contribution < -0.4 is 5.32 Å². The van der Waals surface area contributed by atoms with Crippen LogP contribution in [-0.4, -0.2) is 42.0 Å². The maximum Gasteiger partial charge on any atom is 0.222 e. The molecule has 0 spiro atoms. The van der Waals surface area contributed by atoms with Gasteiger partial charge in [-0.2, -0.15) is 0 Å². The number of carbonyl (C=O) groups excluding carboxylic acids is 1. The van der Waals surface area contributed by atoms with Gasteiger partial charge in [0.2, 0.25) is 5.91 Å². The maximum atomic E-state index is 12.2. The van der Waals surface area contributed by atoms with E-state index in [4.69, 9.17) is 0 Å². The first kappa shape index (κ1) is 19.7. The molecular formula is C15H25Cl2N3OS. The van der Waals surface area contributed by atoms with Crippen molar-refractivity contribution >= 4 is 42.1 Å². The number of rotatable bonds is 4. The first-order valence-corrected chi connectivity index (χ1v) is 8.59. The van der Waals surface area contributed by atoms with Crippen molar-refractivity contribution in [3.05, 3.63) is 16.6 Å². The minimum atomic E-state index is 0. The normalized spacial score (nSPS) is 22.0. The summed E-state index contributed by atoms with van der Waals surface area (Å²) in [7, 11) is 0. The lowest BCUT2D eigenvalue weighted by Crippen LogP contribution is -2.38. The molecule has 2 aliphatic rings. The minimum Gasteiger partial charge on any atom is -0.343 e. The maximum absolute atomic E-state index is 12.2. The number of nitrogens with zero attached hydrogens (tertiary/aromatic N) is 2. The fourth-order valence-corrected chi connectivity index (χ4v) is 4.07. The Morgan fingerprint density at radius 3 is 2.68 bits per heavy atom. The molecule has 1 amide bonds. The van der Waals surface area contributed by atoms with Crippen molar-refractivity contribution in [3.8, 4) is 0 Å². The van der Waals surface area contributed by atoms with Crippen molar-refractivity contribution < 1.29 is 4.79 Å². The summed E-state index contributed by atoms with van der Waals surface area (Å²) in [6, 6.07) is 0. The predicted molar refractivity (Wildman–Crippen MR) is 95.4 cm³/mol. The predicted octanol–water partition coefficient (Wildman–Crippen LogP) is 3.08. The summed E-state index contributed by atoms with van der Waals surface area (Å²) in [6.45, 7) is 4.04. The lowest BCUT2D eigenvalue weighted by atomic mass is 9.96. The van der Waals surface area contributed by atoms with Crippen molar-refractivity contribution in [2.24, 2.45) is 5.92 Å². The second-order valence-electron chi connectivity index (χ2n) is 5.92. The average Bonchev–Trinajstić information content (AvgIpc) is 3.18. The Kier molecular flexibility index (Phi) is 8.69. The topological polar surface area (TPSA) is 45.2 Å². The van der Waals surface area contributed by atoms with Gasteiger partial charge in [-0.1, -0.05) is 0 Å². The highest BCUT2D eigenvalue weighted by molar-refractivity contribution is 7.09. The van der Waals surface area contributed by atoms with Crippen LogP contribution in [-0.2, 0) is 4.79 Å². The first-order chi connectivity index (χ1) is 9.83. The van der Waals surface area contributed by atoms with Crippen LogP contribution in [0.3, 0.4) is 0 Å².